The second kappa shape index (κ2) is 4.56. The zero-order valence-corrected chi connectivity index (χ0v) is 12.1. The summed E-state index contributed by atoms with van der Waals surface area (Å²) in [5.41, 5.74) is 7.93. The number of halogens is 3. The number of hydrogen-bond acceptors (Lipinski definition) is 2. The predicted octanol–water partition coefficient (Wildman–Crippen LogP) is 3.96. The molecule has 0 unspecified atom stereocenters. The molecule has 0 bridgehead atoms. The number of nitrogen functional groups attached to an aromatic ring is 1. The normalized spacial score (nSPS) is 11.2. The molecule has 0 saturated heterocycles. The van der Waals surface area contributed by atoms with Crippen molar-refractivity contribution in [2.75, 3.05) is 5.73 Å². The van der Waals surface area contributed by atoms with Gasteiger partial charge in [0.1, 0.15) is 17.5 Å². The minimum absolute atomic E-state index is 0.200. The Balaban J connectivity index is 2.35. The summed E-state index contributed by atoms with van der Waals surface area (Å²) in [6, 6.07) is 7.45. The molecule has 0 radical (unpaired) electrons. The van der Waals surface area contributed by atoms with Gasteiger partial charge in [0, 0.05) is 11.8 Å². The van der Waals surface area contributed by atoms with Crippen LogP contribution in [0.2, 0.25) is 0 Å². The number of imidazole rings is 1. The minimum Gasteiger partial charge on any atom is -0.399 e. The van der Waals surface area contributed by atoms with Crippen LogP contribution < -0.4 is 5.73 Å². The highest BCUT2D eigenvalue weighted by Gasteiger charge is 2.15. The van der Waals surface area contributed by atoms with Crippen molar-refractivity contribution in [3.63, 3.8) is 0 Å². The van der Waals surface area contributed by atoms with Gasteiger partial charge in [0.25, 0.3) is 0 Å². The molecule has 3 aromatic rings. The first-order chi connectivity index (χ1) is 9.47. The summed E-state index contributed by atoms with van der Waals surface area (Å²) in [6.45, 7) is 1.76. The first-order valence-electron chi connectivity index (χ1n) is 5.87. The van der Waals surface area contributed by atoms with E-state index in [1.54, 1.807) is 29.7 Å². The van der Waals surface area contributed by atoms with E-state index in [-0.39, 0.29) is 10.2 Å². The zero-order chi connectivity index (χ0) is 14.4. The van der Waals surface area contributed by atoms with E-state index in [4.69, 9.17) is 5.73 Å². The van der Waals surface area contributed by atoms with Crippen molar-refractivity contribution in [1.82, 2.24) is 9.55 Å². The fourth-order valence-corrected chi connectivity index (χ4v) is 2.54. The summed E-state index contributed by atoms with van der Waals surface area (Å²) in [7, 11) is 0. The molecule has 2 aromatic carbocycles. The standard InChI is InChI=1S/C14H10BrF2N3/c1-7-19-12-4-8(18)2-3-13(12)20(7)14-5-9(15)10(16)6-11(14)17/h2-6H,18H2,1H3. The van der Waals surface area contributed by atoms with Crippen LogP contribution in [0.15, 0.2) is 34.8 Å². The summed E-state index contributed by atoms with van der Waals surface area (Å²) in [4.78, 5) is 4.35. The Hall–Kier alpha value is -1.95. The first-order valence-corrected chi connectivity index (χ1v) is 6.66. The molecule has 3 nitrogen and oxygen atoms in total. The van der Waals surface area contributed by atoms with Crippen LogP contribution in [0.5, 0.6) is 0 Å². The molecular weight excluding hydrogens is 328 g/mol. The predicted molar refractivity (Wildman–Crippen MR) is 77.8 cm³/mol. The highest BCUT2D eigenvalue weighted by Crippen LogP contribution is 2.28. The summed E-state index contributed by atoms with van der Waals surface area (Å²) in [5.74, 6) is -0.689. The molecule has 3 rings (SSSR count). The van der Waals surface area contributed by atoms with E-state index in [1.165, 1.54) is 6.07 Å². The molecule has 0 aliphatic rings. The second-order valence-electron chi connectivity index (χ2n) is 4.46. The third-order valence-electron chi connectivity index (χ3n) is 3.08. The lowest BCUT2D eigenvalue weighted by molar-refractivity contribution is 0.573. The lowest BCUT2D eigenvalue weighted by Gasteiger charge is -2.09. The van der Waals surface area contributed by atoms with Crippen LogP contribution in [0.1, 0.15) is 5.82 Å². The molecule has 0 fully saturated rings. The Kier molecular flexibility index (Phi) is 2.97. The van der Waals surface area contributed by atoms with E-state index in [9.17, 15) is 8.78 Å². The molecular formula is C14H10BrF2N3. The highest BCUT2D eigenvalue weighted by molar-refractivity contribution is 9.10. The quantitative estimate of drug-likeness (QED) is 0.539. The minimum atomic E-state index is -0.648. The van der Waals surface area contributed by atoms with Crippen LogP contribution in [0.25, 0.3) is 16.7 Å². The van der Waals surface area contributed by atoms with Crippen LogP contribution in [-0.2, 0) is 0 Å². The van der Waals surface area contributed by atoms with E-state index in [0.29, 0.717) is 22.5 Å². The second-order valence-corrected chi connectivity index (χ2v) is 5.31. The van der Waals surface area contributed by atoms with Gasteiger partial charge in [-0.2, -0.15) is 0 Å². The van der Waals surface area contributed by atoms with E-state index >= 15 is 0 Å². The maximum atomic E-state index is 14.0. The number of nitrogens with zero attached hydrogens (tertiary/aromatic N) is 2. The lowest BCUT2D eigenvalue weighted by Crippen LogP contribution is -2.01. The number of hydrogen-bond donors (Lipinski definition) is 1. The van der Waals surface area contributed by atoms with E-state index in [1.807, 2.05) is 0 Å². The molecule has 0 atom stereocenters. The Morgan fingerprint density at radius 1 is 1.15 bits per heavy atom. The molecule has 1 heterocycles. The number of anilines is 1. The van der Waals surface area contributed by atoms with Crippen molar-refractivity contribution >= 4 is 32.7 Å². The average molecular weight is 338 g/mol. The van der Waals surface area contributed by atoms with Gasteiger partial charge >= 0.3 is 0 Å². The van der Waals surface area contributed by atoms with Gasteiger partial charge in [0.15, 0.2) is 0 Å². The zero-order valence-electron chi connectivity index (χ0n) is 10.5. The lowest BCUT2D eigenvalue weighted by atomic mass is 10.2. The molecule has 0 amide bonds. The third kappa shape index (κ3) is 1.96. The number of benzene rings is 2. The molecule has 1 aromatic heterocycles. The molecule has 0 aliphatic heterocycles. The molecule has 0 spiro atoms. The van der Waals surface area contributed by atoms with Crippen LogP contribution in [-0.4, -0.2) is 9.55 Å². The van der Waals surface area contributed by atoms with Gasteiger partial charge in [0.2, 0.25) is 0 Å². The van der Waals surface area contributed by atoms with Crippen LogP contribution in [0.4, 0.5) is 14.5 Å². The Bertz CT molecular complexity index is 827. The van der Waals surface area contributed by atoms with Crippen molar-refractivity contribution < 1.29 is 8.78 Å². The van der Waals surface area contributed by atoms with Crippen LogP contribution in [0.3, 0.4) is 0 Å². The maximum Gasteiger partial charge on any atom is 0.150 e. The Morgan fingerprint density at radius 3 is 2.65 bits per heavy atom. The van der Waals surface area contributed by atoms with E-state index in [0.717, 1.165) is 6.07 Å². The van der Waals surface area contributed by atoms with Crippen molar-refractivity contribution in [2.45, 2.75) is 6.92 Å². The Morgan fingerprint density at radius 2 is 1.90 bits per heavy atom. The van der Waals surface area contributed by atoms with Gasteiger partial charge in [-0.05, 0) is 47.1 Å². The third-order valence-corrected chi connectivity index (χ3v) is 3.68. The fourth-order valence-electron chi connectivity index (χ4n) is 2.21. The van der Waals surface area contributed by atoms with Gasteiger partial charge < -0.3 is 5.73 Å². The molecule has 102 valence electrons. The largest absolute Gasteiger partial charge is 0.399 e. The van der Waals surface area contributed by atoms with E-state index in [2.05, 4.69) is 20.9 Å². The van der Waals surface area contributed by atoms with Gasteiger partial charge in [-0.15, -0.1) is 0 Å². The van der Waals surface area contributed by atoms with Crippen molar-refractivity contribution in [1.29, 1.82) is 0 Å². The SMILES string of the molecule is Cc1nc2cc(N)ccc2n1-c1cc(Br)c(F)cc1F. The van der Waals surface area contributed by atoms with Gasteiger partial charge in [-0.1, -0.05) is 0 Å². The number of rotatable bonds is 1. The summed E-state index contributed by atoms with van der Waals surface area (Å²) in [5, 5.41) is 0. The van der Waals surface area contributed by atoms with Crippen molar-refractivity contribution in [3.05, 3.63) is 52.3 Å². The molecule has 2 N–H and O–H groups in total. The monoisotopic (exact) mass is 337 g/mol. The average Bonchev–Trinajstić information content (AvgIpc) is 2.69. The van der Waals surface area contributed by atoms with Crippen molar-refractivity contribution in [2.24, 2.45) is 0 Å². The summed E-state index contributed by atoms with van der Waals surface area (Å²) in [6.07, 6.45) is 0. The molecule has 20 heavy (non-hydrogen) atoms. The van der Waals surface area contributed by atoms with Gasteiger partial charge in [0.05, 0.1) is 21.2 Å². The van der Waals surface area contributed by atoms with Crippen LogP contribution >= 0.6 is 15.9 Å². The number of aryl methyl sites for hydroxylation is 1. The summed E-state index contributed by atoms with van der Waals surface area (Å²) < 4.78 is 29.2. The number of aromatic nitrogens is 2. The molecule has 0 saturated carbocycles. The van der Waals surface area contributed by atoms with Crippen molar-refractivity contribution in [3.8, 4) is 5.69 Å². The molecule has 6 heteroatoms. The highest BCUT2D eigenvalue weighted by atomic mass is 79.9. The summed E-state index contributed by atoms with van der Waals surface area (Å²) >= 11 is 3.07. The maximum absolute atomic E-state index is 14.0. The van der Waals surface area contributed by atoms with Gasteiger partial charge in [-0.3, -0.25) is 4.57 Å². The fraction of sp³-hybridized carbons (Fsp3) is 0.0714. The topological polar surface area (TPSA) is 43.8 Å². The smallest absolute Gasteiger partial charge is 0.150 e. The van der Waals surface area contributed by atoms with E-state index < -0.39 is 11.6 Å². The first kappa shape index (κ1) is 13.1. The van der Waals surface area contributed by atoms with Gasteiger partial charge in [-0.25, -0.2) is 13.8 Å². The number of fused-ring (bicyclic) bond motifs is 1. The molecule has 0 aliphatic carbocycles. The Labute approximate surface area is 122 Å². The van der Waals surface area contributed by atoms with Crippen LogP contribution in [0, 0.1) is 18.6 Å². The number of nitrogens with two attached hydrogens (primary N) is 1.